The minimum atomic E-state index is 0.356. The molecule has 0 radical (unpaired) electrons. The Morgan fingerprint density at radius 2 is 2.05 bits per heavy atom. The summed E-state index contributed by atoms with van der Waals surface area (Å²) >= 11 is 0. The van der Waals surface area contributed by atoms with Gasteiger partial charge in [-0.1, -0.05) is 6.92 Å². The Morgan fingerprint density at radius 3 is 2.74 bits per heavy atom. The molecule has 1 spiro atoms. The van der Waals surface area contributed by atoms with Gasteiger partial charge in [0.1, 0.15) is 0 Å². The van der Waals surface area contributed by atoms with Crippen LogP contribution in [0.1, 0.15) is 32.6 Å². The van der Waals surface area contributed by atoms with Crippen molar-refractivity contribution < 1.29 is 4.79 Å². The molecule has 0 aromatic heterocycles. The highest BCUT2D eigenvalue weighted by atomic mass is 16.2. The SMILES string of the molecule is CC1CCN(C(=O)CN2CCC3(CCNC3)C2)CC1. The van der Waals surface area contributed by atoms with Crippen LogP contribution in [0.15, 0.2) is 0 Å². The Hall–Kier alpha value is -0.610. The molecule has 19 heavy (non-hydrogen) atoms. The second-order valence-corrected chi connectivity index (χ2v) is 6.95. The lowest BCUT2D eigenvalue weighted by atomic mass is 9.87. The molecule has 4 nitrogen and oxygen atoms in total. The van der Waals surface area contributed by atoms with Gasteiger partial charge in [-0.25, -0.2) is 0 Å². The average molecular weight is 265 g/mol. The number of nitrogens with zero attached hydrogens (tertiary/aromatic N) is 2. The van der Waals surface area contributed by atoms with Gasteiger partial charge in [-0.3, -0.25) is 9.69 Å². The minimum absolute atomic E-state index is 0.356. The average Bonchev–Trinajstić information content (AvgIpc) is 3.01. The summed E-state index contributed by atoms with van der Waals surface area (Å²) in [5.41, 5.74) is 0.483. The second kappa shape index (κ2) is 5.41. The van der Waals surface area contributed by atoms with Crippen LogP contribution in [0.2, 0.25) is 0 Å². The number of hydrogen-bond acceptors (Lipinski definition) is 3. The molecule has 1 amide bonds. The largest absolute Gasteiger partial charge is 0.342 e. The summed E-state index contributed by atoms with van der Waals surface area (Å²) in [6.07, 6.45) is 4.92. The molecule has 3 saturated heterocycles. The lowest BCUT2D eigenvalue weighted by molar-refractivity contribution is -0.133. The Kier molecular flexibility index (Phi) is 3.81. The van der Waals surface area contributed by atoms with E-state index < -0.39 is 0 Å². The van der Waals surface area contributed by atoms with E-state index in [1.54, 1.807) is 0 Å². The van der Waals surface area contributed by atoms with Crippen LogP contribution in [-0.2, 0) is 4.79 Å². The summed E-state index contributed by atoms with van der Waals surface area (Å²) in [6.45, 7) is 9.43. The first-order chi connectivity index (χ1) is 9.17. The van der Waals surface area contributed by atoms with E-state index in [1.807, 2.05) is 0 Å². The monoisotopic (exact) mass is 265 g/mol. The lowest BCUT2D eigenvalue weighted by Crippen LogP contribution is -2.44. The molecule has 0 saturated carbocycles. The molecule has 4 heteroatoms. The number of carbonyl (C=O) groups excluding carboxylic acids is 1. The minimum Gasteiger partial charge on any atom is -0.342 e. The van der Waals surface area contributed by atoms with Crippen LogP contribution in [0.4, 0.5) is 0 Å². The molecule has 0 aliphatic carbocycles. The summed E-state index contributed by atoms with van der Waals surface area (Å²) in [5.74, 6) is 1.15. The van der Waals surface area contributed by atoms with Crippen LogP contribution in [0.3, 0.4) is 0 Å². The number of likely N-dealkylation sites (tertiary alicyclic amines) is 2. The highest BCUT2D eigenvalue weighted by Crippen LogP contribution is 2.35. The molecular weight excluding hydrogens is 238 g/mol. The number of piperidine rings is 1. The van der Waals surface area contributed by atoms with Crippen molar-refractivity contribution in [2.45, 2.75) is 32.6 Å². The number of amides is 1. The van der Waals surface area contributed by atoms with Crippen molar-refractivity contribution in [3.63, 3.8) is 0 Å². The predicted octanol–water partition coefficient (Wildman–Crippen LogP) is 0.930. The summed E-state index contributed by atoms with van der Waals surface area (Å²) < 4.78 is 0. The first-order valence-electron chi connectivity index (χ1n) is 7.88. The Balaban J connectivity index is 1.48. The summed E-state index contributed by atoms with van der Waals surface area (Å²) in [4.78, 5) is 16.8. The van der Waals surface area contributed by atoms with Crippen LogP contribution in [0, 0.1) is 11.3 Å². The summed E-state index contributed by atoms with van der Waals surface area (Å²) in [6, 6.07) is 0. The molecule has 3 aliphatic heterocycles. The number of nitrogens with one attached hydrogen (secondary N) is 1. The molecule has 0 aromatic rings. The van der Waals surface area contributed by atoms with Crippen molar-refractivity contribution in [3.05, 3.63) is 0 Å². The molecule has 3 heterocycles. The fourth-order valence-corrected chi connectivity index (χ4v) is 3.86. The van der Waals surface area contributed by atoms with E-state index in [-0.39, 0.29) is 0 Å². The van der Waals surface area contributed by atoms with Crippen molar-refractivity contribution in [2.24, 2.45) is 11.3 Å². The molecule has 3 rings (SSSR count). The van der Waals surface area contributed by atoms with Gasteiger partial charge in [0.05, 0.1) is 6.54 Å². The van der Waals surface area contributed by atoms with Gasteiger partial charge in [0.25, 0.3) is 0 Å². The Labute approximate surface area is 116 Å². The zero-order valence-electron chi connectivity index (χ0n) is 12.2. The van der Waals surface area contributed by atoms with Gasteiger partial charge >= 0.3 is 0 Å². The quantitative estimate of drug-likeness (QED) is 0.807. The van der Waals surface area contributed by atoms with Crippen molar-refractivity contribution in [1.29, 1.82) is 0 Å². The number of carbonyl (C=O) groups is 1. The van der Waals surface area contributed by atoms with Gasteiger partial charge in [-0.15, -0.1) is 0 Å². The first-order valence-corrected chi connectivity index (χ1v) is 7.88. The maximum Gasteiger partial charge on any atom is 0.236 e. The lowest BCUT2D eigenvalue weighted by Gasteiger charge is -2.32. The van der Waals surface area contributed by atoms with Crippen molar-refractivity contribution in [2.75, 3.05) is 45.8 Å². The van der Waals surface area contributed by atoms with E-state index in [0.717, 1.165) is 45.2 Å². The van der Waals surface area contributed by atoms with Gasteiger partial charge in [0.2, 0.25) is 5.91 Å². The van der Waals surface area contributed by atoms with Gasteiger partial charge in [0.15, 0.2) is 0 Å². The summed E-state index contributed by atoms with van der Waals surface area (Å²) in [5, 5.41) is 3.48. The maximum absolute atomic E-state index is 12.3. The predicted molar refractivity (Wildman–Crippen MR) is 76.0 cm³/mol. The van der Waals surface area contributed by atoms with Crippen LogP contribution >= 0.6 is 0 Å². The third kappa shape index (κ3) is 2.95. The van der Waals surface area contributed by atoms with Gasteiger partial charge in [-0.05, 0) is 50.1 Å². The van der Waals surface area contributed by atoms with E-state index in [9.17, 15) is 4.79 Å². The van der Waals surface area contributed by atoms with Crippen molar-refractivity contribution in [3.8, 4) is 0 Å². The Bertz CT molecular complexity index is 330. The molecule has 1 atom stereocenters. The second-order valence-electron chi connectivity index (χ2n) is 6.95. The fourth-order valence-electron chi connectivity index (χ4n) is 3.86. The molecular formula is C15H27N3O. The van der Waals surface area contributed by atoms with Crippen molar-refractivity contribution >= 4 is 5.91 Å². The van der Waals surface area contributed by atoms with E-state index in [0.29, 0.717) is 17.9 Å². The first kappa shape index (κ1) is 13.4. The molecule has 1 unspecified atom stereocenters. The Morgan fingerprint density at radius 1 is 1.26 bits per heavy atom. The van der Waals surface area contributed by atoms with Gasteiger partial charge in [-0.2, -0.15) is 0 Å². The standard InChI is InChI=1S/C15H27N3O/c1-13-2-7-18(8-3-13)14(19)10-17-9-5-15(12-17)4-6-16-11-15/h13,16H,2-12H2,1H3. The van der Waals surface area contributed by atoms with Crippen LogP contribution in [0.5, 0.6) is 0 Å². The normalized spacial score (nSPS) is 33.4. The van der Waals surface area contributed by atoms with Gasteiger partial charge < -0.3 is 10.2 Å². The molecule has 0 aromatic carbocycles. The topological polar surface area (TPSA) is 35.6 Å². The van der Waals surface area contributed by atoms with E-state index >= 15 is 0 Å². The molecule has 0 bridgehead atoms. The highest BCUT2D eigenvalue weighted by Gasteiger charge is 2.40. The zero-order chi connectivity index (χ0) is 13.3. The van der Waals surface area contributed by atoms with E-state index in [4.69, 9.17) is 0 Å². The van der Waals surface area contributed by atoms with E-state index in [2.05, 4.69) is 22.0 Å². The molecule has 1 N–H and O–H groups in total. The van der Waals surface area contributed by atoms with E-state index in [1.165, 1.54) is 25.7 Å². The van der Waals surface area contributed by atoms with Gasteiger partial charge in [0, 0.05) is 26.2 Å². The third-order valence-corrected chi connectivity index (χ3v) is 5.34. The van der Waals surface area contributed by atoms with Crippen LogP contribution in [-0.4, -0.2) is 61.5 Å². The van der Waals surface area contributed by atoms with Crippen LogP contribution < -0.4 is 5.32 Å². The number of rotatable bonds is 2. The molecule has 108 valence electrons. The number of hydrogen-bond donors (Lipinski definition) is 1. The maximum atomic E-state index is 12.3. The molecule has 3 aliphatic rings. The molecule has 3 fully saturated rings. The fraction of sp³-hybridized carbons (Fsp3) is 0.933. The van der Waals surface area contributed by atoms with Crippen LogP contribution in [0.25, 0.3) is 0 Å². The van der Waals surface area contributed by atoms with Crippen molar-refractivity contribution in [1.82, 2.24) is 15.1 Å². The third-order valence-electron chi connectivity index (χ3n) is 5.34. The summed E-state index contributed by atoms with van der Waals surface area (Å²) in [7, 11) is 0. The zero-order valence-corrected chi connectivity index (χ0v) is 12.2. The highest BCUT2D eigenvalue weighted by molar-refractivity contribution is 5.78. The smallest absolute Gasteiger partial charge is 0.236 e.